The zero-order chi connectivity index (χ0) is 22.2. The Morgan fingerprint density at radius 1 is 0.742 bits per heavy atom. The Bertz CT molecular complexity index is 1180. The molecule has 31 heavy (non-hydrogen) atoms. The molecule has 0 atom stereocenters. The van der Waals surface area contributed by atoms with Gasteiger partial charge in [-0.05, 0) is 24.3 Å². The van der Waals surface area contributed by atoms with Gasteiger partial charge in [-0.25, -0.2) is 25.6 Å². The normalized spacial score (nSPS) is 18.5. The molecule has 2 aliphatic heterocycles. The number of rotatable bonds is 4. The molecule has 1 saturated heterocycles. The summed E-state index contributed by atoms with van der Waals surface area (Å²) in [6.45, 7) is 0.0791. The van der Waals surface area contributed by atoms with E-state index in [1.807, 2.05) is 0 Å². The van der Waals surface area contributed by atoms with E-state index in [1.165, 1.54) is 18.2 Å². The van der Waals surface area contributed by atoms with Gasteiger partial charge in [-0.1, -0.05) is 6.07 Å². The van der Waals surface area contributed by atoms with Crippen LogP contribution < -0.4 is 9.47 Å². The van der Waals surface area contributed by atoms with E-state index in [0.29, 0.717) is 31.1 Å². The molecule has 2 aliphatic rings. The average Bonchev–Trinajstić information content (AvgIpc) is 2.98. The summed E-state index contributed by atoms with van der Waals surface area (Å²) in [5.41, 5.74) is 0. The van der Waals surface area contributed by atoms with Crippen molar-refractivity contribution in [3.63, 3.8) is 0 Å². The smallest absolute Gasteiger partial charge is 0.249 e. The summed E-state index contributed by atoms with van der Waals surface area (Å²) in [6.07, 6.45) is 0.676. The third-order valence-electron chi connectivity index (χ3n) is 5.07. The molecule has 0 bridgehead atoms. The first-order valence-corrected chi connectivity index (χ1v) is 12.4. The van der Waals surface area contributed by atoms with Gasteiger partial charge in [-0.15, -0.1) is 0 Å². The third-order valence-corrected chi connectivity index (χ3v) is 8.92. The molecule has 0 aromatic heterocycles. The van der Waals surface area contributed by atoms with Crippen LogP contribution in [0, 0.1) is 11.6 Å². The molecule has 0 radical (unpaired) electrons. The van der Waals surface area contributed by atoms with Crippen LogP contribution in [0.15, 0.2) is 46.2 Å². The van der Waals surface area contributed by atoms with Crippen LogP contribution in [0.3, 0.4) is 0 Å². The van der Waals surface area contributed by atoms with Crippen LogP contribution in [-0.4, -0.2) is 64.8 Å². The van der Waals surface area contributed by atoms with Crippen molar-refractivity contribution in [2.75, 3.05) is 39.4 Å². The molecule has 1 fully saturated rings. The zero-order valence-corrected chi connectivity index (χ0v) is 18.0. The lowest BCUT2D eigenvalue weighted by Crippen LogP contribution is -2.50. The quantitative estimate of drug-likeness (QED) is 0.671. The number of nitrogens with zero attached hydrogens (tertiary/aromatic N) is 2. The van der Waals surface area contributed by atoms with Crippen molar-refractivity contribution < 1.29 is 35.1 Å². The highest BCUT2D eigenvalue weighted by Gasteiger charge is 2.36. The minimum atomic E-state index is -4.45. The maximum Gasteiger partial charge on any atom is 0.249 e. The van der Waals surface area contributed by atoms with Crippen molar-refractivity contribution in [2.45, 2.75) is 16.2 Å². The maximum absolute atomic E-state index is 14.0. The van der Waals surface area contributed by atoms with Gasteiger partial charge in [0, 0.05) is 38.7 Å². The number of ether oxygens (including phenoxy) is 2. The molecular formula is C19H20F2N2O6S2. The first-order valence-electron chi connectivity index (χ1n) is 9.55. The number of sulfonamides is 2. The summed E-state index contributed by atoms with van der Waals surface area (Å²) >= 11 is 0. The van der Waals surface area contributed by atoms with Crippen molar-refractivity contribution in [1.29, 1.82) is 0 Å². The second-order valence-electron chi connectivity index (χ2n) is 7.02. The van der Waals surface area contributed by atoms with E-state index in [9.17, 15) is 25.6 Å². The van der Waals surface area contributed by atoms with Gasteiger partial charge in [0.25, 0.3) is 0 Å². The molecular weight excluding hydrogens is 454 g/mol. The number of hydrogen-bond donors (Lipinski definition) is 0. The monoisotopic (exact) mass is 474 g/mol. The maximum atomic E-state index is 14.0. The molecule has 0 spiro atoms. The molecule has 8 nitrogen and oxygen atoms in total. The topological polar surface area (TPSA) is 93.2 Å². The minimum absolute atomic E-state index is 0.00629. The average molecular weight is 475 g/mol. The van der Waals surface area contributed by atoms with Gasteiger partial charge in [0.2, 0.25) is 20.0 Å². The second-order valence-corrected chi connectivity index (χ2v) is 10.8. The number of fused-ring (bicyclic) bond motifs is 1. The van der Waals surface area contributed by atoms with E-state index in [1.54, 1.807) is 0 Å². The molecule has 12 heteroatoms. The van der Waals surface area contributed by atoms with Crippen molar-refractivity contribution in [3.05, 3.63) is 48.0 Å². The lowest BCUT2D eigenvalue weighted by atomic mass is 10.3. The predicted molar refractivity (Wildman–Crippen MR) is 106 cm³/mol. The molecule has 168 valence electrons. The number of benzene rings is 2. The highest BCUT2D eigenvalue weighted by atomic mass is 32.2. The number of piperazine rings is 1. The Balaban J connectivity index is 1.53. The SMILES string of the molecule is O=S(=O)(c1ccc2c(c1)OCCCO2)N1CCN(S(=O)(=O)c2c(F)cccc2F)CC1. The first-order chi connectivity index (χ1) is 14.7. The van der Waals surface area contributed by atoms with Crippen LogP contribution in [0.25, 0.3) is 0 Å². The van der Waals surface area contributed by atoms with E-state index in [4.69, 9.17) is 9.47 Å². The summed E-state index contributed by atoms with van der Waals surface area (Å²) in [4.78, 5) is -1.04. The summed E-state index contributed by atoms with van der Waals surface area (Å²) in [6, 6.07) is 7.11. The number of halogens is 2. The molecule has 0 N–H and O–H groups in total. The van der Waals surface area contributed by atoms with Crippen LogP contribution in [-0.2, 0) is 20.0 Å². The van der Waals surface area contributed by atoms with E-state index < -0.39 is 36.6 Å². The molecule has 4 rings (SSSR count). The van der Waals surface area contributed by atoms with Crippen LogP contribution in [0.1, 0.15) is 6.42 Å². The Labute approximate surface area is 179 Å². The van der Waals surface area contributed by atoms with Crippen molar-refractivity contribution in [1.82, 2.24) is 8.61 Å². The van der Waals surface area contributed by atoms with E-state index >= 15 is 0 Å². The fraction of sp³-hybridized carbons (Fsp3) is 0.368. The molecule has 0 aliphatic carbocycles. The summed E-state index contributed by atoms with van der Waals surface area (Å²) < 4.78 is 92.5. The summed E-state index contributed by atoms with van der Waals surface area (Å²) in [7, 11) is -8.38. The zero-order valence-electron chi connectivity index (χ0n) is 16.3. The first kappa shape index (κ1) is 21.9. The van der Waals surface area contributed by atoms with Crippen molar-refractivity contribution >= 4 is 20.0 Å². The van der Waals surface area contributed by atoms with Gasteiger partial charge in [0.05, 0.1) is 18.1 Å². The van der Waals surface area contributed by atoms with E-state index in [0.717, 1.165) is 26.8 Å². The molecule has 2 aromatic carbocycles. The summed E-state index contributed by atoms with van der Waals surface area (Å²) in [5.74, 6) is -1.60. The fourth-order valence-corrected chi connectivity index (χ4v) is 6.43. The highest BCUT2D eigenvalue weighted by molar-refractivity contribution is 7.89. The second kappa shape index (κ2) is 8.34. The summed E-state index contributed by atoms with van der Waals surface area (Å²) in [5, 5.41) is 0. The lowest BCUT2D eigenvalue weighted by Gasteiger charge is -2.33. The van der Waals surface area contributed by atoms with Crippen molar-refractivity contribution in [2.24, 2.45) is 0 Å². The van der Waals surface area contributed by atoms with E-state index in [-0.39, 0.29) is 31.1 Å². The molecule has 2 aromatic rings. The predicted octanol–water partition coefficient (Wildman–Crippen LogP) is 1.82. The largest absolute Gasteiger partial charge is 0.490 e. The van der Waals surface area contributed by atoms with Crippen LogP contribution in [0.5, 0.6) is 11.5 Å². The standard InChI is InChI=1S/C19H20F2N2O6S2/c20-15-3-1-4-16(21)19(15)31(26,27)23-9-7-22(8-10-23)30(24,25)14-5-6-17-18(13-14)29-12-2-11-28-17/h1,3-6,13H,2,7-12H2. The van der Waals surface area contributed by atoms with Gasteiger partial charge in [0.15, 0.2) is 16.4 Å². The lowest BCUT2D eigenvalue weighted by molar-refractivity contribution is 0.271. The highest BCUT2D eigenvalue weighted by Crippen LogP contribution is 2.33. The Morgan fingerprint density at radius 2 is 1.29 bits per heavy atom. The number of hydrogen-bond acceptors (Lipinski definition) is 6. The Kier molecular flexibility index (Phi) is 5.90. The van der Waals surface area contributed by atoms with Gasteiger partial charge in [0.1, 0.15) is 11.6 Å². The third kappa shape index (κ3) is 4.12. The molecule has 0 unspecified atom stereocenters. The molecule has 0 amide bonds. The van der Waals surface area contributed by atoms with Gasteiger partial charge < -0.3 is 9.47 Å². The van der Waals surface area contributed by atoms with E-state index in [2.05, 4.69) is 0 Å². The van der Waals surface area contributed by atoms with Gasteiger partial charge >= 0.3 is 0 Å². The molecule has 2 heterocycles. The minimum Gasteiger partial charge on any atom is -0.490 e. The van der Waals surface area contributed by atoms with Crippen LogP contribution in [0.4, 0.5) is 8.78 Å². The fourth-order valence-electron chi connectivity index (χ4n) is 3.46. The van der Waals surface area contributed by atoms with Gasteiger partial charge in [-0.3, -0.25) is 0 Å². The Morgan fingerprint density at radius 3 is 1.90 bits per heavy atom. The van der Waals surface area contributed by atoms with Crippen molar-refractivity contribution in [3.8, 4) is 11.5 Å². The Hall–Kier alpha value is -2.28. The van der Waals surface area contributed by atoms with Crippen LogP contribution >= 0.6 is 0 Å². The molecule has 0 saturated carbocycles. The van der Waals surface area contributed by atoms with Gasteiger partial charge in [-0.2, -0.15) is 8.61 Å². The van der Waals surface area contributed by atoms with Crippen LogP contribution in [0.2, 0.25) is 0 Å².